The van der Waals surface area contributed by atoms with E-state index in [0.29, 0.717) is 0 Å². The predicted molar refractivity (Wildman–Crippen MR) is 221 cm³/mol. The summed E-state index contributed by atoms with van der Waals surface area (Å²) in [5.74, 6) is 13.7. The van der Waals surface area contributed by atoms with Gasteiger partial charge in [0.1, 0.15) is 16.1 Å². The molecule has 0 unspecified atom stereocenters. The van der Waals surface area contributed by atoms with Crippen molar-refractivity contribution in [2.45, 2.75) is 39.3 Å². The minimum absolute atomic E-state index is 0.922. The van der Waals surface area contributed by atoms with Crippen LogP contribution in [0.25, 0.3) is 22.3 Å². The van der Waals surface area contributed by atoms with Gasteiger partial charge in [-0.25, -0.2) is 0 Å². The van der Waals surface area contributed by atoms with E-state index in [2.05, 4.69) is 203 Å². The Morgan fingerprint density at radius 1 is 0.523 bits per heavy atom. The highest BCUT2D eigenvalue weighted by atomic mass is 79.9. The third-order valence-corrected chi connectivity index (χ3v) is 11.2. The SMILES string of the molecule is CSC#Cc1cc(Br)c(-c2cc(Br)c(-c3cc(C#C[Si](C)(C)C)c(C#C[Si](C)(C)C)cc3Br)cc2Br)cc1C#CS(C)(C)C. The van der Waals surface area contributed by atoms with Crippen molar-refractivity contribution < 1.29 is 0 Å². The van der Waals surface area contributed by atoms with Crippen LogP contribution in [-0.2, 0) is 0 Å². The Morgan fingerprint density at radius 2 is 0.864 bits per heavy atom. The molecule has 0 saturated carbocycles. The molecule has 44 heavy (non-hydrogen) atoms. The minimum atomic E-state index is -1.59. The molecule has 0 N–H and O–H groups in total. The highest BCUT2D eigenvalue weighted by Gasteiger charge is 2.18. The molecule has 3 aromatic carbocycles. The fourth-order valence-corrected chi connectivity index (χ4v) is 7.63. The maximum absolute atomic E-state index is 3.91. The number of benzene rings is 3. The highest BCUT2D eigenvalue weighted by Crippen LogP contribution is 2.43. The largest absolute Gasteiger partial charge is 0.186 e. The lowest BCUT2D eigenvalue weighted by molar-refractivity contribution is 1.47. The number of hydrogen-bond donors (Lipinski definition) is 0. The molecule has 0 aliphatic rings. The van der Waals surface area contributed by atoms with E-state index in [9.17, 15) is 0 Å². The average molecular weight is 909 g/mol. The zero-order chi connectivity index (χ0) is 33.0. The molecule has 0 radical (unpaired) electrons. The third kappa shape index (κ3) is 11.0. The van der Waals surface area contributed by atoms with E-state index >= 15 is 0 Å². The molecular formula is C36H36Br4S2Si2. The van der Waals surface area contributed by atoms with Crippen molar-refractivity contribution in [3.8, 4) is 67.5 Å². The molecule has 0 fully saturated rings. The molecule has 0 aliphatic carbocycles. The topological polar surface area (TPSA) is 0 Å². The molecule has 0 atom stereocenters. The van der Waals surface area contributed by atoms with Gasteiger partial charge in [0, 0.05) is 40.1 Å². The highest BCUT2D eigenvalue weighted by molar-refractivity contribution is 9.11. The van der Waals surface area contributed by atoms with E-state index in [0.717, 1.165) is 62.4 Å². The van der Waals surface area contributed by atoms with Crippen molar-refractivity contribution in [3.63, 3.8) is 0 Å². The first kappa shape index (κ1) is 37.4. The van der Waals surface area contributed by atoms with Gasteiger partial charge >= 0.3 is 0 Å². The van der Waals surface area contributed by atoms with Gasteiger partial charge in [0.05, 0.1) is 0 Å². The van der Waals surface area contributed by atoms with Crippen molar-refractivity contribution >= 4 is 102 Å². The van der Waals surface area contributed by atoms with E-state index in [-0.39, 0.29) is 0 Å². The van der Waals surface area contributed by atoms with Gasteiger partial charge in [-0.3, -0.25) is 0 Å². The lowest BCUT2D eigenvalue weighted by Crippen LogP contribution is -2.17. The molecule has 8 heteroatoms. The van der Waals surface area contributed by atoms with Crippen LogP contribution in [0.15, 0.2) is 54.3 Å². The van der Waals surface area contributed by atoms with Crippen molar-refractivity contribution in [1.29, 1.82) is 0 Å². The van der Waals surface area contributed by atoms with Gasteiger partial charge in [-0.2, -0.15) is 10.0 Å². The smallest absolute Gasteiger partial charge is 0.129 e. The van der Waals surface area contributed by atoms with Crippen LogP contribution in [0.4, 0.5) is 0 Å². The number of thioether (sulfide) groups is 1. The first-order valence-corrected chi connectivity index (χ1v) is 28.0. The van der Waals surface area contributed by atoms with E-state index < -0.39 is 26.2 Å². The molecule has 228 valence electrons. The second kappa shape index (κ2) is 15.2. The van der Waals surface area contributed by atoms with Crippen molar-refractivity contribution in [2.24, 2.45) is 0 Å². The summed E-state index contributed by atoms with van der Waals surface area (Å²) in [5, 5.41) is 6.59. The Morgan fingerprint density at radius 3 is 1.25 bits per heavy atom. The molecule has 0 nitrogen and oxygen atoms in total. The molecule has 0 amide bonds. The summed E-state index contributed by atoms with van der Waals surface area (Å²) in [6.07, 6.45) is 8.58. The van der Waals surface area contributed by atoms with Gasteiger partial charge in [0.2, 0.25) is 0 Å². The number of halogens is 4. The van der Waals surface area contributed by atoms with Gasteiger partial charge in [0.25, 0.3) is 0 Å². The summed E-state index contributed by atoms with van der Waals surface area (Å²) < 4.78 is 3.90. The monoisotopic (exact) mass is 904 g/mol. The lowest BCUT2D eigenvalue weighted by atomic mass is 9.95. The predicted octanol–water partition coefficient (Wildman–Crippen LogP) is 12.2. The van der Waals surface area contributed by atoms with Crippen LogP contribution in [-0.4, -0.2) is 41.2 Å². The Bertz CT molecular complexity index is 1860. The van der Waals surface area contributed by atoms with Crippen LogP contribution in [0.2, 0.25) is 39.3 Å². The third-order valence-electron chi connectivity index (χ3n) is 5.78. The molecule has 0 heterocycles. The maximum atomic E-state index is 3.91. The van der Waals surface area contributed by atoms with Crippen LogP contribution >= 0.6 is 85.5 Å². The molecule has 3 rings (SSSR count). The van der Waals surface area contributed by atoms with E-state index in [1.165, 1.54) is 11.8 Å². The fourth-order valence-electron chi connectivity index (χ4n) is 3.76. The van der Waals surface area contributed by atoms with E-state index in [4.69, 9.17) is 0 Å². The Labute approximate surface area is 307 Å². The quantitative estimate of drug-likeness (QED) is 0.182. The van der Waals surface area contributed by atoms with E-state index in [1.54, 1.807) is 0 Å². The van der Waals surface area contributed by atoms with Gasteiger partial charge < -0.3 is 0 Å². The summed E-state index contributed by atoms with van der Waals surface area (Å²) in [7, 11) is -4.14. The molecule has 3 aromatic rings. The van der Waals surface area contributed by atoms with Crippen LogP contribution < -0.4 is 0 Å². The van der Waals surface area contributed by atoms with Gasteiger partial charge in [0.15, 0.2) is 0 Å². The zero-order valence-electron chi connectivity index (χ0n) is 26.8. The van der Waals surface area contributed by atoms with Crippen LogP contribution in [0, 0.1) is 45.3 Å². The molecule has 0 aliphatic heterocycles. The zero-order valence-corrected chi connectivity index (χ0v) is 36.8. The van der Waals surface area contributed by atoms with Crippen molar-refractivity contribution in [1.82, 2.24) is 0 Å². The fraction of sp³-hybridized carbons (Fsp3) is 0.278. The number of hydrogen-bond acceptors (Lipinski definition) is 1. The van der Waals surface area contributed by atoms with Crippen molar-refractivity contribution in [2.75, 3.05) is 25.0 Å². The van der Waals surface area contributed by atoms with E-state index in [1.807, 2.05) is 6.26 Å². The Balaban J connectivity index is 2.25. The van der Waals surface area contributed by atoms with Crippen LogP contribution in [0.1, 0.15) is 22.3 Å². The van der Waals surface area contributed by atoms with Gasteiger partial charge in [-0.1, -0.05) is 138 Å². The van der Waals surface area contributed by atoms with Gasteiger partial charge in [-0.15, -0.1) is 11.1 Å². The Kier molecular flexibility index (Phi) is 13.0. The summed E-state index contributed by atoms with van der Waals surface area (Å²) in [6.45, 7) is 13.6. The van der Waals surface area contributed by atoms with Gasteiger partial charge in [-0.05, 0) is 94.2 Å². The molecule has 0 aromatic heterocycles. The second-order valence-electron chi connectivity index (χ2n) is 13.1. The summed E-state index contributed by atoms with van der Waals surface area (Å²) in [6, 6.07) is 12.9. The summed E-state index contributed by atoms with van der Waals surface area (Å²) in [5.41, 5.74) is 15.1. The summed E-state index contributed by atoms with van der Waals surface area (Å²) >= 11 is 17.0. The number of rotatable bonds is 2. The molecular weight excluding hydrogens is 872 g/mol. The first-order chi connectivity index (χ1) is 20.3. The summed E-state index contributed by atoms with van der Waals surface area (Å²) in [4.78, 5) is 0. The normalized spacial score (nSPS) is 11.6. The standard InChI is InChI=1S/C36H36Br4S2Si2/c1-41-15-11-25-21-33(37)29(19-26(25)12-16-42(2,3)4)31-23-36(40)32(24-35(31)39)30-20-27(13-17-43(5,6)7)28(22-34(30)38)14-18-44(8,9)10/h19-24H,1-10H3. The molecule has 0 spiro atoms. The van der Waals surface area contributed by atoms with Crippen LogP contribution in [0.3, 0.4) is 0 Å². The second-order valence-corrected chi connectivity index (χ2v) is 30.5. The minimum Gasteiger partial charge on any atom is -0.186 e. The van der Waals surface area contributed by atoms with Crippen molar-refractivity contribution in [3.05, 3.63) is 76.5 Å². The molecule has 0 saturated heterocycles. The van der Waals surface area contributed by atoms with Crippen LogP contribution in [0.5, 0.6) is 0 Å². The first-order valence-electron chi connectivity index (χ1n) is 13.8. The lowest BCUT2D eigenvalue weighted by Gasteiger charge is -2.16. The average Bonchev–Trinajstić information content (AvgIpc) is 2.89. The maximum Gasteiger partial charge on any atom is 0.129 e. The molecule has 0 bridgehead atoms. The Hall–Kier alpha value is -1.05.